The lowest BCUT2D eigenvalue weighted by Crippen LogP contribution is -2.32. The first-order valence-electron chi connectivity index (χ1n) is 15.8. The zero-order valence-corrected chi connectivity index (χ0v) is 25.5. The minimum Gasteiger partial charge on any atom is -0.308 e. The van der Waals surface area contributed by atoms with Gasteiger partial charge in [0.1, 0.15) is 12.3 Å². The highest BCUT2D eigenvalue weighted by Gasteiger charge is 2.44. The summed E-state index contributed by atoms with van der Waals surface area (Å²) in [6.45, 7) is 9.21. The van der Waals surface area contributed by atoms with Crippen LogP contribution >= 0.6 is 11.8 Å². The number of rotatable bonds is 2. The van der Waals surface area contributed by atoms with Crippen molar-refractivity contribution in [2.75, 3.05) is 7.05 Å². The van der Waals surface area contributed by atoms with Crippen molar-refractivity contribution in [1.29, 1.82) is 0 Å². The molecule has 42 heavy (non-hydrogen) atoms. The molecule has 1 aromatic heterocycles. The second kappa shape index (κ2) is 9.21. The normalized spacial score (nSPS) is 19.0. The minimum atomic E-state index is 0.00249. The van der Waals surface area contributed by atoms with Gasteiger partial charge in [0.25, 0.3) is 0 Å². The molecule has 5 aromatic carbocycles. The standard InChI is InChI=1S/C39H35N2S/c1-24-25-13-6-7-14-26(25)32(39(2,3)4)23-31(24)36-38-30(21-22-40(36)5)29-17-12-20-35(37(29)42-38)41-33-18-10-8-15-27(33)28-16-9-11-19-34(28)41/h6-23,30,38H,1-5H3/q+1/i18D,19D. The molecule has 0 spiro atoms. The molecule has 3 heterocycles. The topological polar surface area (TPSA) is 7.94 Å². The zero-order chi connectivity index (χ0) is 30.5. The molecule has 0 fully saturated rings. The third-order valence-electron chi connectivity index (χ3n) is 9.17. The molecular weight excluding hydrogens is 529 g/mol. The largest absolute Gasteiger partial charge is 0.308 e. The number of nitrogens with zero attached hydrogens (tertiary/aromatic N) is 2. The Hall–Kier alpha value is -4.08. The monoisotopic (exact) mass is 565 g/mol. The van der Waals surface area contributed by atoms with Crippen molar-refractivity contribution < 1.29 is 7.32 Å². The van der Waals surface area contributed by atoms with Gasteiger partial charge in [0.2, 0.25) is 5.71 Å². The molecule has 0 N–H and O–H groups in total. The molecule has 0 amide bonds. The van der Waals surface area contributed by atoms with E-state index in [2.05, 4.69) is 117 Å². The SMILES string of the molecule is [2H]c1cccc2c3cccc([2H])c3n(-c3cccc4c3SC3C(c5cc(C(C)(C)C)c6ccccc6c5C)=[N+](C)C=CC43)c12. The van der Waals surface area contributed by atoms with Crippen molar-refractivity contribution >= 4 is 50.1 Å². The Morgan fingerprint density at radius 3 is 2.14 bits per heavy atom. The van der Waals surface area contributed by atoms with Crippen molar-refractivity contribution in [2.45, 2.75) is 49.2 Å². The highest BCUT2D eigenvalue weighted by Crippen LogP contribution is 2.52. The Morgan fingerprint density at radius 1 is 0.810 bits per heavy atom. The van der Waals surface area contributed by atoms with Crippen LogP contribution in [-0.2, 0) is 5.41 Å². The van der Waals surface area contributed by atoms with Crippen LogP contribution in [0.4, 0.5) is 0 Å². The summed E-state index contributed by atoms with van der Waals surface area (Å²) in [5.41, 5.74) is 9.45. The molecule has 0 aliphatic carbocycles. The van der Waals surface area contributed by atoms with Gasteiger partial charge in [-0.2, -0.15) is 0 Å². The summed E-state index contributed by atoms with van der Waals surface area (Å²) in [4.78, 5) is 1.24. The highest BCUT2D eigenvalue weighted by atomic mass is 32.2. The maximum absolute atomic E-state index is 8.94. The Bertz CT molecular complexity index is 2190. The first-order valence-corrected chi connectivity index (χ1v) is 15.6. The maximum atomic E-state index is 8.94. The van der Waals surface area contributed by atoms with Crippen LogP contribution in [0.25, 0.3) is 38.3 Å². The molecule has 0 radical (unpaired) electrons. The highest BCUT2D eigenvalue weighted by molar-refractivity contribution is 8.01. The second-order valence-electron chi connectivity index (χ2n) is 12.7. The van der Waals surface area contributed by atoms with E-state index in [4.69, 9.17) is 2.74 Å². The molecule has 0 saturated carbocycles. The summed E-state index contributed by atoms with van der Waals surface area (Å²) in [5.74, 6) is 0.226. The zero-order valence-electron chi connectivity index (χ0n) is 26.7. The molecule has 2 atom stereocenters. The Morgan fingerprint density at radius 2 is 1.45 bits per heavy atom. The molecule has 0 saturated heterocycles. The van der Waals surface area contributed by atoms with Gasteiger partial charge in [0.05, 0.1) is 19.5 Å². The smallest absolute Gasteiger partial charge is 0.203 e. The van der Waals surface area contributed by atoms with E-state index in [-0.39, 0.29) is 16.6 Å². The third kappa shape index (κ3) is 3.63. The molecule has 8 rings (SSSR count). The summed E-state index contributed by atoms with van der Waals surface area (Å²) >= 11 is 1.93. The fourth-order valence-corrected chi connectivity index (χ4v) is 8.83. The molecule has 2 aliphatic rings. The van der Waals surface area contributed by atoms with Crippen LogP contribution in [0, 0.1) is 6.92 Å². The first kappa shape index (κ1) is 23.5. The van der Waals surface area contributed by atoms with Crippen LogP contribution in [-0.4, -0.2) is 27.2 Å². The minimum absolute atomic E-state index is 0.00249. The number of hydrogen-bond acceptors (Lipinski definition) is 1. The summed E-state index contributed by atoms with van der Waals surface area (Å²) in [7, 11) is 2.18. The Balaban J connectivity index is 1.35. The summed E-state index contributed by atoms with van der Waals surface area (Å²) in [6.07, 6.45) is 4.60. The number of para-hydroxylation sites is 2. The van der Waals surface area contributed by atoms with E-state index < -0.39 is 0 Å². The lowest BCUT2D eigenvalue weighted by atomic mass is 9.79. The van der Waals surface area contributed by atoms with Gasteiger partial charge < -0.3 is 4.57 Å². The van der Waals surface area contributed by atoms with Gasteiger partial charge in [0, 0.05) is 27.1 Å². The van der Waals surface area contributed by atoms with Crippen LogP contribution < -0.4 is 0 Å². The van der Waals surface area contributed by atoms with Gasteiger partial charge in [-0.25, -0.2) is 4.58 Å². The van der Waals surface area contributed by atoms with Crippen LogP contribution in [0.5, 0.6) is 0 Å². The number of hydrogen-bond donors (Lipinski definition) is 0. The van der Waals surface area contributed by atoms with E-state index in [0.29, 0.717) is 12.1 Å². The predicted octanol–water partition coefficient (Wildman–Crippen LogP) is 9.76. The molecular formula is C39H35N2S+. The lowest BCUT2D eigenvalue weighted by molar-refractivity contribution is -0.424. The number of aromatic nitrogens is 1. The average Bonchev–Trinajstić information content (AvgIpc) is 3.55. The van der Waals surface area contributed by atoms with Gasteiger partial charge in [-0.05, 0) is 70.1 Å². The van der Waals surface area contributed by atoms with Crippen LogP contribution in [0.1, 0.15) is 51.7 Å². The van der Waals surface area contributed by atoms with Crippen molar-refractivity contribution in [2.24, 2.45) is 0 Å². The first-order chi connectivity index (χ1) is 21.1. The molecule has 2 unspecified atom stereocenters. The lowest BCUT2D eigenvalue weighted by Gasteiger charge is -2.26. The number of aryl methyl sites for hydroxylation is 1. The number of thioether (sulfide) groups is 1. The number of allylic oxidation sites excluding steroid dienone is 1. The van der Waals surface area contributed by atoms with Crippen molar-refractivity contribution in [1.82, 2.24) is 4.57 Å². The second-order valence-corrected chi connectivity index (χ2v) is 13.8. The number of fused-ring (bicyclic) bond motifs is 7. The summed E-state index contributed by atoms with van der Waals surface area (Å²) in [6, 6.07) is 30.6. The van der Waals surface area contributed by atoms with Crippen LogP contribution in [0.15, 0.2) is 114 Å². The van der Waals surface area contributed by atoms with Gasteiger partial charge in [-0.1, -0.05) is 93.6 Å². The molecule has 0 bridgehead atoms. The van der Waals surface area contributed by atoms with E-state index >= 15 is 0 Å². The fraction of sp³-hybridized carbons (Fsp3) is 0.205. The van der Waals surface area contributed by atoms with E-state index in [1.807, 2.05) is 36.0 Å². The van der Waals surface area contributed by atoms with E-state index in [0.717, 1.165) is 27.5 Å². The molecule has 6 aromatic rings. The van der Waals surface area contributed by atoms with E-state index in [1.54, 1.807) is 0 Å². The Kier molecular flexibility index (Phi) is 5.15. The third-order valence-corrected chi connectivity index (χ3v) is 10.6. The van der Waals surface area contributed by atoms with Gasteiger partial charge in [-0.3, -0.25) is 0 Å². The molecule has 2 nitrogen and oxygen atoms in total. The molecule has 3 heteroatoms. The van der Waals surface area contributed by atoms with Crippen molar-refractivity contribution in [3.05, 3.63) is 132 Å². The Labute approximate surface area is 254 Å². The van der Waals surface area contributed by atoms with E-state index in [1.165, 1.54) is 43.6 Å². The molecule has 206 valence electrons. The maximum Gasteiger partial charge on any atom is 0.203 e. The average molecular weight is 566 g/mol. The van der Waals surface area contributed by atoms with Crippen LogP contribution in [0.3, 0.4) is 0 Å². The van der Waals surface area contributed by atoms with Gasteiger partial charge in [-0.15, -0.1) is 11.8 Å². The van der Waals surface area contributed by atoms with Crippen LogP contribution in [0.2, 0.25) is 0 Å². The summed E-state index contributed by atoms with van der Waals surface area (Å²) < 4.78 is 22.4. The quantitative estimate of drug-likeness (QED) is 0.190. The number of benzene rings is 5. The molecule has 2 aliphatic heterocycles. The van der Waals surface area contributed by atoms with Crippen molar-refractivity contribution in [3.8, 4) is 5.69 Å². The van der Waals surface area contributed by atoms with Crippen molar-refractivity contribution in [3.63, 3.8) is 0 Å². The predicted molar refractivity (Wildman–Crippen MR) is 180 cm³/mol. The summed E-state index contributed by atoms with van der Waals surface area (Å²) in [5, 5.41) is 4.90. The fourth-order valence-electron chi connectivity index (χ4n) is 7.17. The van der Waals surface area contributed by atoms with Gasteiger partial charge in [0.15, 0.2) is 6.20 Å². The van der Waals surface area contributed by atoms with Gasteiger partial charge >= 0.3 is 0 Å². The van der Waals surface area contributed by atoms with E-state index in [9.17, 15) is 0 Å².